The minimum atomic E-state index is -0.311. The number of nitrogens with zero attached hydrogens (tertiary/aromatic N) is 2. The predicted octanol–water partition coefficient (Wildman–Crippen LogP) is 2.73. The predicted molar refractivity (Wildman–Crippen MR) is 104 cm³/mol. The third-order valence-corrected chi connectivity index (χ3v) is 4.49. The molecule has 140 valence electrons. The van der Waals surface area contributed by atoms with Gasteiger partial charge in [-0.05, 0) is 35.6 Å². The van der Waals surface area contributed by atoms with Crippen molar-refractivity contribution >= 4 is 12.0 Å². The highest BCUT2D eigenvalue weighted by atomic mass is 16.5. The van der Waals surface area contributed by atoms with Gasteiger partial charge in [0.2, 0.25) is 0 Å². The van der Waals surface area contributed by atoms with Crippen molar-refractivity contribution in [1.29, 1.82) is 5.26 Å². The van der Waals surface area contributed by atoms with Gasteiger partial charge >= 0.3 is 0 Å². The van der Waals surface area contributed by atoms with E-state index in [2.05, 4.69) is 31.0 Å². The number of morpholine rings is 1. The lowest BCUT2D eigenvalue weighted by atomic mass is 9.86. The van der Waals surface area contributed by atoms with E-state index < -0.39 is 0 Å². The third-order valence-electron chi connectivity index (χ3n) is 4.49. The molecule has 2 rings (SSSR count). The maximum atomic E-state index is 12.2. The standard InChI is InChI=1S/C21H29N3O2/c1-21(2,3)19-7-5-17(6-8-19)15-18(16-22)20(25)23-9-4-10-24-11-13-26-14-12-24/h5-8,15H,4,9-14H2,1-3H3,(H,23,25). The molecule has 5 nitrogen and oxygen atoms in total. The van der Waals surface area contributed by atoms with Crippen molar-refractivity contribution in [2.45, 2.75) is 32.6 Å². The molecular weight excluding hydrogens is 326 g/mol. The van der Waals surface area contributed by atoms with Gasteiger partial charge in [-0.15, -0.1) is 0 Å². The molecule has 1 aliphatic heterocycles. The average Bonchev–Trinajstić information content (AvgIpc) is 2.63. The van der Waals surface area contributed by atoms with Crippen molar-refractivity contribution in [1.82, 2.24) is 10.2 Å². The fourth-order valence-electron chi connectivity index (χ4n) is 2.82. The van der Waals surface area contributed by atoms with E-state index in [1.165, 1.54) is 5.56 Å². The first kappa shape index (κ1) is 20.2. The molecule has 0 aromatic heterocycles. The van der Waals surface area contributed by atoms with Crippen LogP contribution in [0.15, 0.2) is 29.8 Å². The molecule has 1 aromatic carbocycles. The fourth-order valence-corrected chi connectivity index (χ4v) is 2.82. The summed E-state index contributed by atoms with van der Waals surface area (Å²) in [5, 5.41) is 12.1. The maximum absolute atomic E-state index is 12.2. The Hall–Kier alpha value is -2.16. The van der Waals surface area contributed by atoms with Crippen LogP contribution >= 0.6 is 0 Å². The second-order valence-corrected chi connectivity index (χ2v) is 7.61. The third kappa shape index (κ3) is 6.29. The Morgan fingerprint density at radius 3 is 2.50 bits per heavy atom. The summed E-state index contributed by atoms with van der Waals surface area (Å²) in [4.78, 5) is 14.5. The highest BCUT2D eigenvalue weighted by Crippen LogP contribution is 2.22. The molecule has 1 N–H and O–H groups in total. The molecule has 0 bridgehead atoms. The topological polar surface area (TPSA) is 65.4 Å². The molecule has 0 radical (unpaired) electrons. The van der Waals surface area contributed by atoms with E-state index in [9.17, 15) is 10.1 Å². The first-order chi connectivity index (χ1) is 12.4. The van der Waals surface area contributed by atoms with Crippen molar-refractivity contribution in [3.8, 4) is 6.07 Å². The zero-order valence-electron chi connectivity index (χ0n) is 16.0. The van der Waals surface area contributed by atoms with E-state index in [-0.39, 0.29) is 16.9 Å². The quantitative estimate of drug-likeness (QED) is 0.484. The fraction of sp³-hybridized carbons (Fsp3) is 0.524. The Bertz CT molecular complexity index is 660. The summed E-state index contributed by atoms with van der Waals surface area (Å²) in [6, 6.07) is 9.99. The summed E-state index contributed by atoms with van der Waals surface area (Å²) >= 11 is 0. The number of benzene rings is 1. The summed E-state index contributed by atoms with van der Waals surface area (Å²) < 4.78 is 5.32. The highest BCUT2D eigenvalue weighted by Gasteiger charge is 2.14. The first-order valence-corrected chi connectivity index (χ1v) is 9.21. The van der Waals surface area contributed by atoms with Crippen LogP contribution in [0.2, 0.25) is 0 Å². The van der Waals surface area contributed by atoms with Gasteiger partial charge in [-0.1, -0.05) is 45.0 Å². The minimum absolute atomic E-state index is 0.0815. The van der Waals surface area contributed by atoms with Crippen molar-refractivity contribution < 1.29 is 9.53 Å². The normalized spacial score (nSPS) is 16.2. The minimum Gasteiger partial charge on any atom is -0.379 e. The SMILES string of the molecule is CC(C)(C)c1ccc(C=C(C#N)C(=O)NCCCN2CCOCC2)cc1. The molecule has 1 aromatic rings. The molecule has 1 fully saturated rings. The van der Waals surface area contributed by atoms with Gasteiger partial charge < -0.3 is 10.1 Å². The van der Waals surface area contributed by atoms with Crippen LogP contribution in [0.5, 0.6) is 0 Å². The number of hydrogen-bond acceptors (Lipinski definition) is 4. The van der Waals surface area contributed by atoms with Crippen molar-refractivity contribution in [2.24, 2.45) is 0 Å². The van der Waals surface area contributed by atoms with Crippen LogP contribution in [0.1, 0.15) is 38.3 Å². The summed E-state index contributed by atoms with van der Waals surface area (Å²) in [7, 11) is 0. The van der Waals surface area contributed by atoms with Crippen LogP contribution in [-0.4, -0.2) is 50.2 Å². The Kier molecular flexibility index (Phi) is 7.38. The van der Waals surface area contributed by atoms with Crippen LogP contribution in [0.3, 0.4) is 0 Å². The second kappa shape index (κ2) is 9.51. The molecule has 0 saturated carbocycles. The lowest BCUT2D eigenvalue weighted by Gasteiger charge is -2.26. The van der Waals surface area contributed by atoms with E-state index >= 15 is 0 Å². The molecule has 1 aliphatic rings. The summed E-state index contributed by atoms with van der Waals surface area (Å²) in [5.74, 6) is -0.311. The van der Waals surface area contributed by atoms with Crippen LogP contribution in [0.25, 0.3) is 6.08 Å². The number of nitriles is 1. The molecule has 1 saturated heterocycles. The van der Waals surface area contributed by atoms with Crippen LogP contribution < -0.4 is 5.32 Å². The van der Waals surface area contributed by atoms with Gasteiger partial charge in [0.1, 0.15) is 11.6 Å². The number of hydrogen-bond donors (Lipinski definition) is 1. The number of rotatable bonds is 6. The Balaban J connectivity index is 1.85. The van der Waals surface area contributed by atoms with Crippen LogP contribution in [0.4, 0.5) is 0 Å². The zero-order chi connectivity index (χ0) is 19.0. The molecule has 0 atom stereocenters. The van der Waals surface area contributed by atoms with E-state index in [0.29, 0.717) is 6.54 Å². The second-order valence-electron chi connectivity index (χ2n) is 7.61. The number of carbonyl (C=O) groups is 1. The molecule has 26 heavy (non-hydrogen) atoms. The number of ether oxygens (including phenoxy) is 1. The van der Waals surface area contributed by atoms with Gasteiger partial charge in [0.15, 0.2) is 0 Å². The molecule has 0 unspecified atom stereocenters. The summed E-state index contributed by atoms with van der Waals surface area (Å²) in [5.41, 5.74) is 2.30. The van der Waals surface area contributed by atoms with E-state index in [4.69, 9.17) is 4.74 Å². The maximum Gasteiger partial charge on any atom is 0.261 e. The Labute approximate surface area is 156 Å². The lowest BCUT2D eigenvalue weighted by Crippen LogP contribution is -2.38. The van der Waals surface area contributed by atoms with Gasteiger partial charge in [-0.25, -0.2) is 0 Å². The molecular formula is C21H29N3O2. The smallest absolute Gasteiger partial charge is 0.261 e. The Morgan fingerprint density at radius 2 is 1.92 bits per heavy atom. The number of nitrogens with one attached hydrogen (secondary N) is 1. The molecule has 0 aliphatic carbocycles. The van der Waals surface area contributed by atoms with Gasteiger partial charge in [0, 0.05) is 19.6 Å². The van der Waals surface area contributed by atoms with Crippen LogP contribution in [0, 0.1) is 11.3 Å². The first-order valence-electron chi connectivity index (χ1n) is 9.21. The van der Waals surface area contributed by atoms with Gasteiger partial charge in [0.25, 0.3) is 5.91 Å². The lowest BCUT2D eigenvalue weighted by molar-refractivity contribution is -0.117. The summed E-state index contributed by atoms with van der Waals surface area (Å²) in [6.07, 6.45) is 2.51. The van der Waals surface area contributed by atoms with E-state index in [1.807, 2.05) is 30.3 Å². The van der Waals surface area contributed by atoms with Crippen molar-refractivity contribution in [3.05, 3.63) is 41.0 Å². The Morgan fingerprint density at radius 1 is 1.27 bits per heavy atom. The zero-order valence-corrected chi connectivity index (χ0v) is 16.0. The molecule has 1 amide bonds. The highest BCUT2D eigenvalue weighted by molar-refractivity contribution is 6.01. The average molecular weight is 355 g/mol. The van der Waals surface area contributed by atoms with Gasteiger partial charge in [-0.2, -0.15) is 5.26 Å². The number of carbonyl (C=O) groups excluding carboxylic acids is 1. The van der Waals surface area contributed by atoms with E-state index in [0.717, 1.165) is 44.8 Å². The van der Waals surface area contributed by atoms with Crippen molar-refractivity contribution in [3.63, 3.8) is 0 Å². The largest absolute Gasteiger partial charge is 0.379 e. The summed E-state index contributed by atoms with van der Waals surface area (Å²) in [6.45, 7) is 11.4. The molecule has 0 spiro atoms. The van der Waals surface area contributed by atoms with Crippen LogP contribution in [-0.2, 0) is 14.9 Å². The van der Waals surface area contributed by atoms with Crippen molar-refractivity contribution in [2.75, 3.05) is 39.4 Å². The van der Waals surface area contributed by atoms with E-state index in [1.54, 1.807) is 6.08 Å². The monoisotopic (exact) mass is 355 g/mol. The van der Waals surface area contributed by atoms with Gasteiger partial charge in [-0.3, -0.25) is 9.69 Å². The molecule has 5 heteroatoms. The molecule has 1 heterocycles. The number of amides is 1. The van der Waals surface area contributed by atoms with Gasteiger partial charge in [0.05, 0.1) is 13.2 Å².